The highest BCUT2D eigenvalue weighted by molar-refractivity contribution is 7.36. The molecule has 41 heavy (non-hydrogen) atoms. The molecule has 0 amide bonds. The van der Waals surface area contributed by atoms with E-state index in [0.29, 0.717) is 0 Å². The minimum absolute atomic E-state index is 0.0777. The SMILES string of the molecule is CC(C)CC(C(=O)OC(C)C)N(Oc1ccccc1)[P+](=O)OC[C@@]1(N=[N+]=[N-])O[C@@H](n2ccc(=O)[nH]c2=O)[C@H](O)[C@@H]1O. The van der Waals surface area contributed by atoms with Gasteiger partial charge in [-0.2, -0.15) is 0 Å². The van der Waals surface area contributed by atoms with Crippen LogP contribution in [0.4, 0.5) is 0 Å². The molecule has 6 atom stereocenters. The van der Waals surface area contributed by atoms with Gasteiger partial charge in [0, 0.05) is 17.2 Å². The fourth-order valence-corrected chi connectivity index (χ4v) is 4.95. The van der Waals surface area contributed by atoms with Crippen molar-refractivity contribution < 1.29 is 38.4 Å². The Balaban J connectivity index is 1.93. The largest absolute Gasteiger partial charge is 0.653 e. The van der Waals surface area contributed by atoms with Crippen molar-refractivity contribution in [1.29, 1.82) is 0 Å². The first-order chi connectivity index (χ1) is 19.4. The van der Waals surface area contributed by atoms with Crippen molar-refractivity contribution in [2.45, 2.75) is 70.4 Å². The van der Waals surface area contributed by atoms with Crippen LogP contribution in [-0.4, -0.2) is 67.3 Å². The molecule has 2 unspecified atom stereocenters. The molecular formula is C24H32N6O10P+. The van der Waals surface area contributed by atoms with Crippen LogP contribution in [0.2, 0.25) is 0 Å². The number of H-pyrrole nitrogens is 1. The second-order valence-electron chi connectivity index (χ2n) is 9.84. The van der Waals surface area contributed by atoms with Crippen molar-refractivity contribution in [1.82, 2.24) is 14.4 Å². The molecule has 1 aromatic heterocycles. The number of carbonyl (C=O) groups is 1. The second-order valence-corrected chi connectivity index (χ2v) is 11.0. The van der Waals surface area contributed by atoms with Crippen LogP contribution < -0.4 is 16.1 Å². The van der Waals surface area contributed by atoms with E-state index in [4.69, 9.17) is 18.8 Å². The molecule has 222 valence electrons. The number of benzene rings is 1. The van der Waals surface area contributed by atoms with E-state index in [0.717, 1.165) is 21.7 Å². The van der Waals surface area contributed by atoms with Gasteiger partial charge in [0.1, 0.15) is 23.6 Å². The highest BCUT2D eigenvalue weighted by Gasteiger charge is 2.58. The first-order valence-corrected chi connectivity index (χ1v) is 13.8. The zero-order valence-electron chi connectivity index (χ0n) is 22.8. The second kappa shape index (κ2) is 13.8. The number of hydroxylamine groups is 1. The number of rotatable bonds is 13. The smallest absolute Gasteiger partial charge is 0.462 e. The molecule has 17 heteroatoms. The van der Waals surface area contributed by atoms with Gasteiger partial charge in [0.05, 0.1) is 6.10 Å². The molecule has 16 nitrogen and oxygen atoms in total. The highest BCUT2D eigenvalue weighted by atomic mass is 31.1. The highest BCUT2D eigenvalue weighted by Crippen LogP contribution is 2.42. The summed E-state index contributed by atoms with van der Waals surface area (Å²) in [5.74, 6) is -0.585. The molecular weight excluding hydrogens is 563 g/mol. The van der Waals surface area contributed by atoms with Crippen LogP contribution in [0.15, 0.2) is 57.3 Å². The van der Waals surface area contributed by atoms with Gasteiger partial charge in [-0.3, -0.25) is 19.1 Å². The van der Waals surface area contributed by atoms with Crippen molar-refractivity contribution in [2.24, 2.45) is 11.0 Å². The van der Waals surface area contributed by atoms with E-state index in [1.807, 2.05) is 18.8 Å². The number of aromatic nitrogens is 2. The lowest BCUT2D eigenvalue weighted by Crippen LogP contribution is -2.46. The number of hydrogen-bond donors (Lipinski definition) is 3. The van der Waals surface area contributed by atoms with Gasteiger partial charge in [0.15, 0.2) is 18.0 Å². The number of carbonyl (C=O) groups excluding carboxylic acids is 1. The molecule has 0 radical (unpaired) electrons. The van der Waals surface area contributed by atoms with E-state index in [2.05, 4.69) is 10.0 Å². The van der Waals surface area contributed by atoms with Crippen molar-refractivity contribution in [3.8, 4) is 5.75 Å². The van der Waals surface area contributed by atoms with Crippen LogP contribution in [-0.2, 0) is 23.4 Å². The van der Waals surface area contributed by atoms with Gasteiger partial charge < -0.3 is 24.5 Å². The maximum absolute atomic E-state index is 13.6. The van der Waals surface area contributed by atoms with Crippen molar-refractivity contribution in [3.63, 3.8) is 0 Å². The van der Waals surface area contributed by atoms with Crippen molar-refractivity contribution in [2.75, 3.05) is 6.61 Å². The fourth-order valence-electron chi connectivity index (χ4n) is 3.97. The molecule has 3 N–H and O–H groups in total. The topological polar surface area (TPSA) is 218 Å². The van der Waals surface area contributed by atoms with E-state index in [1.54, 1.807) is 44.2 Å². The number of hydrogen-bond acceptors (Lipinski definition) is 11. The van der Waals surface area contributed by atoms with Gasteiger partial charge in [-0.25, -0.2) is 4.79 Å². The van der Waals surface area contributed by atoms with Gasteiger partial charge in [-0.05, 0) is 48.4 Å². The quantitative estimate of drug-likeness (QED) is 0.0760. The Bertz CT molecular complexity index is 1380. The van der Waals surface area contributed by atoms with E-state index >= 15 is 0 Å². The lowest BCUT2D eigenvalue weighted by molar-refractivity contribution is -0.161. The summed E-state index contributed by atoms with van der Waals surface area (Å²) in [6, 6.07) is 7.94. The van der Waals surface area contributed by atoms with E-state index in [-0.39, 0.29) is 18.1 Å². The summed E-state index contributed by atoms with van der Waals surface area (Å²) in [5.41, 5.74) is 5.14. The van der Waals surface area contributed by atoms with Crippen LogP contribution in [0, 0.1) is 5.92 Å². The van der Waals surface area contributed by atoms with Crippen LogP contribution in [0.3, 0.4) is 0 Å². The third kappa shape index (κ3) is 7.77. The first kappa shape index (κ1) is 31.9. The summed E-state index contributed by atoms with van der Waals surface area (Å²) in [7, 11) is -3.08. The Labute approximate surface area is 234 Å². The maximum atomic E-state index is 13.6. The number of nitrogens with zero attached hydrogens (tertiary/aromatic N) is 5. The summed E-state index contributed by atoms with van der Waals surface area (Å²) in [4.78, 5) is 48.0. The molecule has 0 bridgehead atoms. The molecule has 2 aromatic rings. The Morgan fingerprint density at radius 2 is 1.93 bits per heavy atom. The molecule has 1 aliphatic rings. The molecule has 0 saturated carbocycles. The predicted molar refractivity (Wildman–Crippen MR) is 142 cm³/mol. The summed E-state index contributed by atoms with van der Waals surface area (Å²) >= 11 is 0. The number of aliphatic hydroxyl groups excluding tert-OH is 2. The Morgan fingerprint density at radius 1 is 1.24 bits per heavy atom. The van der Waals surface area contributed by atoms with E-state index in [1.165, 1.54) is 0 Å². The Hall–Kier alpha value is -3.62. The van der Waals surface area contributed by atoms with E-state index in [9.17, 15) is 34.7 Å². The summed E-state index contributed by atoms with van der Waals surface area (Å²) in [6.45, 7) is 6.08. The lowest BCUT2D eigenvalue weighted by atomic mass is 10.0. The molecule has 1 saturated heterocycles. The molecule has 1 aliphatic heterocycles. The first-order valence-electron chi connectivity index (χ1n) is 12.6. The van der Waals surface area contributed by atoms with Crippen LogP contribution >= 0.6 is 8.18 Å². The molecule has 0 spiro atoms. The van der Waals surface area contributed by atoms with Crippen LogP contribution in [0.5, 0.6) is 5.75 Å². The molecule has 1 aromatic carbocycles. The standard InChI is InChI=1S/C24H31N6O10P/c1-14(2)12-17(22(34)38-15(3)4)30(40-16-8-6-5-7-9-16)41(36)37-13-24(27-28-25)20(33)19(32)21(39-24)29-11-10-18(31)26-23(29)35/h5-11,14-15,17,19-21,32-33H,12-13H2,1-4H3/p+1/t17?,19-,20+,21-,24-/m1/s1. The zero-order chi connectivity index (χ0) is 30.3. The van der Waals surface area contributed by atoms with Crippen molar-refractivity contribution >= 4 is 14.1 Å². The minimum Gasteiger partial charge on any atom is -0.462 e. The number of azide groups is 1. The summed E-state index contributed by atoms with van der Waals surface area (Å²) in [5, 5.41) is 24.9. The van der Waals surface area contributed by atoms with E-state index < -0.39 is 68.3 Å². The Morgan fingerprint density at radius 3 is 2.51 bits per heavy atom. The number of para-hydroxylation sites is 1. The van der Waals surface area contributed by atoms with Crippen LogP contribution in [0.1, 0.15) is 40.3 Å². The molecule has 1 fully saturated rings. The summed E-state index contributed by atoms with van der Waals surface area (Å²) < 4.78 is 30.8. The average Bonchev–Trinajstić information content (AvgIpc) is 3.15. The number of aromatic amines is 1. The van der Waals surface area contributed by atoms with Gasteiger partial charge in [0.25, 0.3) is 5.56 Å². The zero-order valence-corrected chi connectivity index (χ0v) is 23.7. The number of nitrogens with one attached hydrogen (secondary N) is 1. The normalized spacial score (nSPS) is 23.3. The number of esters is 1. The van der Waals surface area contributed by atoms with Gasteiger partial charge in [-0.15, -0.1) is 4.52 Å². The van der Waals surface area contributed by atoms with Gasteiger partial charge >= 0.3 is 19.8 Å². The molecule has 0 aliphatic carbocycles. The third-order valence-corrected chi connectivity index (χ3v) is 6.84. The number of aliphatic hydroxyl groups is 2. The monoisotopic (exact) mass is 595 g/mol. The maximum Gasteiger partial charge on any atom is 0.653 e. The fraction of sp³-hybridized carbons (Fsp3) is 0.542. The Kier molecular flexibility index (Phi) is 10.8. The predicted octanol–water partition coefficient (Wildman–Crippen LogP) is 2.13. The van der Waals surface area contributed by atoms with Gasteiger partial charge in [0.2, 0.25) is 5.72 Å². The van der Waals surface area contributed by atoms with Crippen molar-refractivity contribution in [3.05, 3.63) is 73.9 Å². The minimum atomic E-state index is -3.08. The van der Waals surface area contributed by atoms with Gasteiger partial charge in [-0.1, -0.05) is 37.2 Å². The third-order valence-electron chi connectivity index (χ3n) is 5.81. The van der Waals surface area contributed by atoms with Crippen LogP contribution in [0.25, 0.3) is 10.4 Å². The molecule has 3 rings (SSSR count). The summed E-state index contributed by atoms with van der Waals surface area (Å²) in [6.07, 6.45) is -4.74. The lowest BCUT2D eigenvalue weighted by Gasteiger charge is -2.25. The average molecular weight is 596 g/mol. The molecule has 2 heterocycles. The number of ether oxygens (including phenoxy) is 2.